The summed E-state index contributed by atoms with van der Waals surface area (Å²) in [5.74, 6) is -0.176. The fourth-order valence-corrected chi connectivity index (χ4v) is 2.15. The molecule has 1 saturated heterocycles. The fourth-order valence-electron chi connectivity index (χ4n) is 2.15. The van der Waals surface area contributed by atoms with Gasteiger partial charge in [-0.3, -0.25) is 9.59 Å². The van der Waals surface area contributed by atoms with Gasteiger partial charge in [0.1, 0.15) is 24.7 Å². The van der Waals surface area contributed by atoms with Gasteiger partial charge in [0.2, 0.25) is 11.8 Å². The first-order valence-electron chi connectivity index (χ1n) is 6.07. The van der Waals surface area contributed by atoms with Crippen LogP contribution in [0.25, 0.3) is 0 Å². The maximum absolute atomic E-state index is 12.4. The van der Waals surface area contributed by atoms with Crippen LogP contribution in [-0.4, -0.2) is 50.6 Å². The molecule has 2 atom stereocenters. The van der Waals surface area contributed by atoms with Gasteiger partial charge in [0.05, 0.1) is 0 Å². The molecule has 0 saturated carbocycles. The molecule has 7 nitrogen and oxygen atoms in total. The average molecular weight is 251 g/mol. The summed E-state index contributed by atoms with van der Waals surface area (Å²) in [5, 5.41) is 6.73. The van der Waals surface area contributed by atoms with Crippen LogP contribution in [0.15, 0.2) is 12.7 Å². The normalized spacial score (nSPS) is 21.6. The highest BCUT2D eigenvalue weighted by molar-refractivity contribution is 5.90. The molecule has 0 bridgehead atoms. The predicted octanol–water partition coefficient (Wildman–Crippen LogP) is -0.424. The molecule has 1 aliphatic rings. The molecule has 2 heterocycles. The van der Waals surface area contributed by atoms with Crippen molar-refractivity contribution in [3.05, 3.63) is 12.7 Å². The van der Waals surface area contributed by atoms with Crippen molar-refractivity contribution in [3.8, 4) is 0 Å². The first kappa shape index (κ1) is 12.5. The maximum Gasteiger partial charge on any atom is 0.247 e. The van der Waals surface area contributed by atoms with Crippen LogP contribution >= 0.6 is 0 Å². The number of carbonyl (C=O) groups excluding carboxylic acids is 2. The predicted molar refractivity (Wildman–Crippen MR) is 63.5 cm³/mol. The number of nitrogens with one attached hydrogen (secondary N) is 1. The minimum Gasteiger partial charge on any atom is -0.353 e. The minimum absolute atomic E-state index is 0.0807. The molecule has 1 aromatic rings. The van der Waals surface area contributed by atoms with Crippen molar-refractivity contribution in [1.29, 1.82) is 0 Å². The molecule has 0 aliphatic carbocycles. The summed E-state index contributed by atoms with van der Waals surface area (Å²) in [6.45, 7) is 4.71. The molecular weight excluding hydrogens is 234 g/mol. The van der Waals surface area contributed by atoms with Crippen LogP contribution in [0.3, 0.4) is 0 Å². The van der Waals surface area contributed by atoms with E-state index in [0.717, 1.165) is 0 Å². The van der Waals surface area contributed by atoms with E-state index in [4.69, 9.17) is 0 Å². The van der Waals surface area contributed by atoms with E-state index in [-0.39, 0.29) is 17.9 Å². The van der Waals surface area contributed by atoms with E-state index >= 15 is 0 Å². The Morgan fingerprint density at radius 3 is 3.06 bits per heavy atom. The SMILES string of the molecule is CCC1C(=O)NCCN1C(=O)C(C)n1cncn1. The third-order valence-electron chi connectivity index (χ3n) is 3.19. The van der Waals surface area contributed by atoms with Gasteiger partial charge in [-0.25, -0.2) is 9.67 Å². The Morgan fingerprint density at radius 1 is 1.67 bits per heavy atom. The van der Waals surface area contributed by atoms with Crippen molar-refractivity contribution in [2.75, 3.05) is 13.1 Å². The van der Waals surface area contributed by atoms with E-state index in [2.05, 4.69) is 15.4 Å². The van der Waals surface area contributed by atoms with Gasteiger partial charge in [-0.1, -0.05) is 6.92 Å². The molecule has 1 N–H and O–H groups in total. The second-order valence-electron chi connectivity index (χ2n) is 4.30. The van der Waals surface area contributed by atoms with Gasteiger partial charge >= 0.3 is 0 Å². The Kier molecular flexibility index (Phi) is 3.59. The topological polar surface area (TPSA) is 80.1 Å². The van der Waals surface area contributed by atoms with Gasteiger partial charge in [-0.05, 0) is 13.3 Å². The lowest BCUT2D eigenvalue weighted by Crippen LogP contribution is -2.58. The molecule has 2 unspecified atom stereocenters. The van der Waals surface area contributed by atoms with E-state index in [1.807, 2.05) is 6.92 Å². The molecule has 2 amide bonds. The number of rotatable bonds is 3. The number of hydrogen-bond acceptors (Lipinski definition) is 4. The summed E-state index contributed by atoms with van der Waals surface area (Å²) in [4.78, 5) is 29.5. The zero-order valence-electron chi connectivity index (χ0n) is 10.5. The third-order valence-corrected chi connectivity index (χ3v) is 3.19. The van der Waals surface area contributed by atoms with Crippen molar-refractivity contribution in [2.24, 2.45) is 0 Å². The molecule has 0 spiro atoms. The highest BCUT2D eigenvalue weighted by atomic mass is 16.2. The highest BCUT2D eigenvalue weighted by Crippen LogP contribution is 2.15. The van der Waals surface area contributed by atoms with Crippen molar-refractivity contribution >= 4 is 11.8 Å². The smallest absolute Gasteiger partial charge is 0.247 e. The van der Waals surface area contributed by atoms with Gasteiger partial charge in [0, 0.05) is 13.1 Å². The molecule has 1 aliphatic heterocycles. The van der Waals surface area contributed by atoms with Crippen LogP contribution in [0.5, 0.6) is 0 Å². The molecule has 18 heavy (non-hydrogen) atoms. The van der Waals surface area contributed by atoms with Gasteiger partial charge in [0.15, 0.2) is 0 Å². The summed E-state index contributed by atoms with van der Waals surface area (Å²) in [5.41, 5.74) is 0. The third kappa shape index (κ3) is 2.20. The summed E-state index contributed by atoms with van der Waals surface area (Å²) in [6.07, 6.45) is 3.51. The molecule has 1 aromatic heterocycles. The minimum atomic E-state index is -0.438. The van der Waals surface area contributed by atoms with E-state index in [1.165, 1.54) is 17.3 Å². The molecular formula is C11H17N5O2. The van der Waals surface area contributed by atoms with E-state index in [0.29, 0.717) is 19.5 Å². The molecule has 1 fully saturated rings. The van der Waals surface area contributed by atoms with Crippen LogP contribution in [0.1, 0.15) is 26.3 Å². The molecule has 0 radical (unpaired) electrons. The number of hydrogen-bond donors (Lipinski definition) is 1. The van der Waals surface area contributed by atoms with E-state index in [9.17, 15) is 9.59 Å². The molecule has 98 valence electrons. The quantitative estimate of drug-likeness (QED) is 0.791. The van der Waals surface area contributed by atoms with Crippen molar-refractivity contribution in [2.45, 2.75) is 32.4 Å². The number of carbonyl (C=O) groups is 2. The molecule has 0 aromatic carbocycles. The number of aromatic nitrogens is 3. The Labute approximate surface area is 105 Å². The highest BCUT2D eigenvalue weighted by Gasteiger charge is 2.34. The second kappa shape index (κ2) is 5.16. The molecule has 2 rings (SSSR count). The Bertz CT molecular complexity index is 431. The first-order valence-corrected chi connectivity index (χ1v) is 6.07. The largest absolute Gasteiger partial charge is 0.353 e. The zero-order chi connectivity index (χ0) is 13.1. The lowest BCUT2D eigenvalue weighted by atomic mass is 10.1. The number of nitrogens with zero attached hydrogens (tertiary/aromatic N) is 4. The van der Waals surface area contributed by atoms with E-state index in [1.54, 1.807) is 11.8 Å². The fraction of sp³-hybridized carbons (Fsp3) is 0.636. The van der Waals surface area contributed by atoms with Crippen molar-refractivity contribution in [3.63, 3.8) is 0 Å². The zero-order valence-corrected chi connectivity index (χ0v) is 10.5. The van der Waals surface area contributed by atoms with Gasteiger partial charge < -0.3 is 10.2 Å². The van der Waals surface area contributed by atoms with Crippen molar-refractivity contribution < 1.29 is 9.59 Å². The Balaban J connectivity index is 2.14. The van der Waals surface area contributed by atoms with Crippen LogP contribution < -0.4 is 5.32 Å². The lowest BCUT2D eigenvalue weighted by Gasteiger charge is -2.35. The van der Waals surface area contributed by atoms with Crippen LogP contribution in [0.2, 0.25) is 0 Å². The van der Waals surface area contributed by atoms with Gasteiger partial charge in [-0.15, -0.1) is 0 Å². The number of amides is 2. The summed E-state index contributed by atoms with van der Waals surface area (Å²) in [7, 11) is 0. The first-order chi connectivity index (χ1) is 8.65. The Morgan fingerprint density at radius 2 is 2.44 bits per heavy atom. The second-order valence-corrected chi connectivity index (χ2v) is 4.30. The van der Waals surface area contributed by atoms with Crippen LogP contribution in [0.4, 0.5) is 0 Å². The van der Waals surface area contributed by atoms with Gasteiger partial charge in [0.25, 0.3) is 0 Å². The summed E-state index contributed by atoms with van der Waals surface area (Å²) < 4.78 is 1.50. The summed E-state index contributed by atoms with van der Waals surface area (Å²) >= 11 is 0. The maximum atomic E-state index is 12.4. The number of piperazine rings is 1. The monoisotopic (exact) mass is 251 g/mol. The van der Waals surface area contributed by atoms with Gasteiger partial charge in [-0.2, -0.15) is 5.10 Å². The molecule has 7 heteroatoms. The van der Waals surface area contributed by atoms with Crippen LogP contribution in [0, 0.1) is 0 Å². The van der Waals surface area contributed by atoms with Crippen molar-refractivity contribution in [1.82, 2.24) is 25.0 Å². The summed E-state index contributed by atoms with van der Waals surface area (Å²) in [6, 6.07) is -0.815. The average Bonchev–Trinajstić information content (AvgIpc) is 2.90. The lowest BCUT2D eigenvalue weighted by molar-refractivity contribution is -0.145. The van der Waals surface area contributed by atoms with E-state index < -0.39 is 6.04 Å². The Hall–Kier alpha value is -1.92. The van der Waals surface area contributed by atoms with Crippen LogP contribution in [-0.2, 0) is 9.59 Å². The standard InChI is InChI=1S/C11H17N5O2/c1-3-9-10(17)13-4-5-15(9)11(18)8(2)16-7-12-6-14-16/h6-9H,3-5H2,1-2H3,(H,13,17).